The van der Waals surface area contributed by atoms with Gasteiger partial charge in [-0.05, 0) is 44.1 Å². The lowest BCUT2D eigenvalue weighted by atomic mass is 9.84. The van der Waals surface area contributed by atoms with Gasteiger partial charge in [0.1, 0.15) is 0 Å². The van der Waals surface area contributed by atoms with Crippen molar-refractivity contribution in [1.82, 2.24) is 5.32 Å². The molecule has 100 valence electrons. The molecule has 0 heterocycles. The van der Waals surface area contributed by atoms with Crippen molar-refractivity contribution in [3.63, 3.8) is 0 Å². The zero-order valence-corrected chi connectivity index (χ0v) is 11.6. The van der Waals surface area contributed by atoms with Crippen LogP contribution < -0.4 is 11.1 Å². The molecule has 1 atom stereocenters. The van der Waals surface area contributed by atoms with Crippen molar-refractivity contribution >= 4 is 5.91 Å². The van der Waals surface area contributed by atoms with Gasteiger partial charge in [0.2, 0.25) is 5.91 Å². The van der Waals surface area contributed by atoms with Gasteiger partial charge in [0.05, 0.1) is 0 Å². The van der Waals surface area contributed by atoms with Gasteiger partial charge in [-0.15, -0.1) is 0 Å². The van der Waals surface area contributed by atoms with Crippen LogP contribution in [0, 0.1) is 11.3 Å². The van der Waals surface area contributed by atoms with Crippen LogP contribution in [-0.2, 0) is 4.79 Å². The highest BCUT2D eigenvalue weighted by Gasteiger charge is 2.24. The van der Waals surface area contributed by atoms with Crippen LogP contribution >= 0.6 is 0 Å². The normalized spacial score (nSPS) is 17.9. The Morgan fingerprint density at radius 1 is 1.41 bits per heavy atom. The first-order valence-corrected chi connectivity index (χ1v) is 6.92. The summed E-state index contributed by atoms with van der Waals surface area (Å²) in [6.45, 7) is 7.18. The molecule has 0 radical (unpaired) electrons. The van der Waals surface area contributed by atoms with Crippen molar-refractivity contribution in [1.29, 1.82) is 0 Å². The predicted octanol–water partition coefficient (Wildman–Crippen LogP) is 2.45. The number of nitrogens with one attached hydrogen (secondary N) is 1. The van der Waals surface area contributed by atoms with Crippen molar-refractivity contribution in [3.05, 3.63) is 0 Å². The van der Waals surface area contributed by atoms with Crippen LogP contribution in [0.2, 0.25) is 0 Å². The van der Waals surface area contributed by atoms with E-state index in [1.807, 2.05) is 0 Å². The number of amides is 1. The fourth-order valence-corrected chi connectivity index (χ4v) is 2.23. The first-order valence-electron chi connectivity index (χ1n) is 6.92. The van der Waals surface area contributed by atoms with Crippen molar-refractivity contribution < 1.29 is 4.79 Å². The summed E-state index contributed by atoms with van der Waals surface area (Å²) in [6.07, 6.45) is 6.39. The molecule has 3 heteroatoms. The minimum atomic E-state index is 0.186. The number of nitrogens with two attached hydrogens (primary N) is 1. The second-order valence-corrected chi connectivity index (χ2v) is 6.35. The van der Waals surface area contributed by atoms with Crippen LogP contribution in [0.1, 0.15) is 59.3 Å². The Kier molecular flexibility index (Phi) is 5.44. The van der Waals surface area contributed by atoms with E-state index in [9.17, 15) is 4.79 Å². The van der Waals surface area contributed by atoms with E-state index in [0.29, 0.717) is 19.0 Å². The molecule has 0 spiro atoms. The largest absolute Gasteiger partial charge is 0.354 e. The van der Waals surface area contributed by atoms with Crippen LogP contribution in [0.4, 0.5) is 0 Å². The monoisotopic (exact) mass is 240 g/mol. The maximum atomic E-state index is 11.8. The molecule has 0 aliphatic heterocycles. The van der Waals surface area contributed by atoms with E-state index in [4.69, 9.17) is 5.73 Å². The van der Waals surface area contributed by atoms with Gasteiger partial charge < -0.3 is 11.1 Å². The minimum absolute atomic E-state index is 0.186. The van der Waals surface area contributed by atoms with E-state index < -0.39 is 0 Å². The number of rotatable bonds is 8. The Morgan fingerprint density at radius 2 is 2.06 bits per heavy atom. The summed E-state index contributed by atoms with van der Waals surface area (Å²) in [5.74, 6) is 1.07. The second kappa shape index (κ2) is 6.39. The average molecular weight is 240 g/mol. The molecule has 3 N–H and O–H groups in total. The molecule has 1 saturated carbocycles. The lowest BCUT2D eigenvalue weighted by molar-refractivity contribution is -0.122. The third-order valence-corrected chi connectivity index (χ3v) is 3.64. The molecule has 17 heavy (non-hydrogen) atoms. The molecule has 1 unspecified atom stereocenters. The maximum absolute atomic E-state index is 11.8. The zero-order chi connectivity index (χ0) is 12.9. The van der Waals surface area contributed by atoms with Crippen LogP contribution in [-0.4, -0.2) is 18.5 Å². The molecule has 1 fully saturated rings. The molecule has 0 bridgehead atoms. The Bertz CT molecular complexity index is 247. The lowest BCUT2D eigenvalue weighted by Crippen LogP contribution is -2.33. The summed E-state index contributed by atoms with van der Waals surface area (Å²) in [5.41, 5.74) is 5.75. The fourth-order valence-electron chi connectivity index (χ4n) is 2.23. The van der Waals surface area contributed by atoms with Gasteiger partial charge in [-0.2, -0.15) is 0 Å². The third kappa shape index (κ3) is 6.67. The SMILES string of the molecule is CC(CC1CC1)NC(=O)CCC(C)(C)CCN. The van der Waals surface area contributed by atoms with Gasteiger partial charge >= 0.3 is 0 Å². The van der Waals surface area contributed by atoms with E-state index in [0.717, 1.165) is 25.2 Å². The van der Waals surface area contributed by atoms with E-state index in [-0.39, 0.29) is 11.3 Å². The summed E-state index contributed by atoms with van der Waals surface area (Å²) in [4.78, 5) is 11.8. The first kappa shape index (κ1) is 14.5. The van der Waals surface area contributed by atoms with Crippen molar-refractivity contribution in [3.8, 4) is 0 Å². The molecular formula is C14H28N2O. The summed E-state index contributed by atoms with van der Waals surface area (Å²) < 4.78 is 0. The van der Waals surface area contributed by atoms with Gasteiger partial charge in [0.15, 0.2) is 0 Å². The summed E-state index contributed by atoms with van der Waals surface area (Å²) >= 11 is 0. The molecule has 1 aliphatic carbocycles. The smallest absolute Gasteiger partial charge is 0.220 e. The van der Waals surface area contributed by atoms with E-state index in [1.54, 1.807) is 0 Å². The summed E-state index contributed by atoms with van der Waals surface area (Å²) in [7, 11) is 0. The second-order valence-electron chi connectivity index (χ2n) is 6.35. The fraction of sp³-hybridized carbons (Fsp3) is 0.929. The molecule has 3 nitrogen and oxygen atoms in total. The Hall–Kier alpha value is -0.570. The number of hydrogen-bond acceptors (Lipinski definition) is 2. The van der Waals surface area contributed by atoms with Crippen LogP contribution in [0.3, 0.4) is 0 Å². The van der Waals surface area contributed by atoms with Gasteiger partial charge in [0, 0.05) is 12.5 Å². The molecule has 1 amide bonds. The summed E-state index contributed by atoms with van der Waals surface area (Å²) in [6, 6.07) is 0.340. The molecule has 0 aromatic carbocycles. The zero-order valence-electron chi connectivity index (χ0n) is 11.6. The van der Waals surface area contributed by atoms with Gasteiger partial charge in [-0.1, -0.05) is 26.7 Å². The minimum Gasteiger partial charge on any atom is -0.354 e. The third-order valence-electron chi connectivity index (χ3n) is 3.64. The Morgan fingerprint density at radius 3 is 2.59 bits per heavy atom. The molecule has 1 aliphatic rings. The molecule has 0 aromatic rings. The lowest BCUT2D eigenvalue weighted by Gasteiger charge is -2.23. The highest BCUT2D eigenvalue weighted by Crippen LogP contribution is 2.33. The number of hydrogen-bond donors (Lipinski definition) is 2. The highest BCUT2D eigenvalue weighted by atomic mass is 16.1. The number of carbonyl (C=O) groups excluding carboxylic acids is 1. The van der Waals surface area contributed by atoms with Crippen LogP contribution in [0.25, 0.3) is 0 Å². The molecular weight excluding hydrogens is 212 g/mol. The highest BCUT2D eigenvalue weighted by molar-refractivity contribution is 5.76. The van der Waals surface area contributed by atoms with Gasteiger partial charge in [-0.25, -0.2) is 0 Å². The predicted molar refractivity (Wildman–Crippen MR) is 71.6 cm³/mol. The molecule has 1 rings (SSSR count). The quantitative estimate of drug-likeness (QED) is 0.684. The van der Waals surface area contributed by atoms with Crippen molar-refractivity contribution in [2.45, 2.75) is 65.3 Å². The number of carbonyl (C=O) groups is 1. The van der Waals surface area contributed by atoms with Gasteiger partial charge in [-0.3, -0.25) is 4.79 Å². The first-order chi connectivity index (χ1) is 7.93. The Labute approximate surface area is 106 Å². The molecule has 0 aromatic heterocycles. The summed E-state index contributed by atoms with van der Waals surface area (Å²) in [5, 5.41) is 3.10. The van der Waals surface area contributed by atoms with Crippen LogP contribution in [0.5, 0.6) is 0 Å². The Balaban J connectivity index is 2.14. The van der Waals surface area contributed by atoms with Crippen molar-refractivity contribution in [2.24, 2.45) is 17.1 Å². The van der Waals surface area contributed by atoms with E-state index in [1.165, 1.54) is 12.8 Å². The standard InChI is InChI=1S/C14H28N2O/c1-11(10-12-4-5-12)16-13(17)6-7-14(2,3)8-9-15/h11-12H,4-10,15H2,1-3H3,(H,16,17). The van der Waals surface area contributed by atoms with Crippen LogP contribution in [0.15, 0.2) is 0 Å². The molecule has 0 saturated heterocycles. The van der Waals surface area contributed by atoms with E-state index >= 15 is 0 Å². The maximum Gasteiger partial charge on any atom is 0.220 e. The average Bonchev–Trinajstić information content (AvgIpc) is 2.98. The topological polar surface area (TPSA) is 55.1 Å². The van der Waals surface area contributed by atoms with Crippen molar-refractivity contribution in [2.75, 3.05) is 6.54 Å². The van der Waals surface area contributed by atoms with E-state index in [2.05, 4.69) is 26.1 Å². The van der Waals surface area contributed by atoms with Gasteiger partial charge in [0.25, 0.3) is 0 Å².